The minimum absolute atomic E-state index is 0.269. The Morgan fingerprint density at radius 3 is 2.50 bits per heavy atom. The van der Waals surface area contributed by atoms with Crippen LogP contribution in [0.4, 0.5) is 4.39 Å². The van der Waals surface area contributed by atoms with E-state index in [0.29, 0.717) is 32.7 Å². The molecule has 0 aliphatic rings. The zero-order valence-corrected chi connectivity index (χ0v) is 19.4. The molecule has 3 aromatic rings. The largest absolute Gasteiger partial charge is 0.493 e. The number of nitriles is 1. The monoisotopic (exact) mass is 553 g/mol. The van der Waals surface area contributed by atoms with E-state index in [1.807, 2.05) is 6.07 Å². The van der Waals surface area contributed by atoms with E-state index in [9.17, 15) is 9.65 Å². The van der Waals surface area contributed by atoms with E-state index < -0.39 is 0 Å². The van der Waals surface area contributed by atoms with Gasteiger partial charge >= 0.3 is 0 Å². The lowest BCUT2D eigenvalue weighted by Gasteiger charge is -2.14. The van der Waals surface area contributed by atoms with E-state index in [4.69, 9.17) is 32.7 Å². The summed E-state index contributed by atoms with van der Waals surface area (Å²) in [6, 6.07) is 16.9. The third kappa shape index (κ3) is 5.45. The lowest BCUT2D eigenvalue weighted by atomic mass is 10.0. The average molecular weight is 554 g/mol. The van der Waals surface area contributed by atoms with Crippen LogP contribution in [0.15, 0.2) is 54.6 Å². The summed E-state index contributed by atoms with van der Waals surface area (Å²) in [6.45, 7) is 0.269. The highest BCUT2D eigenvalue weighted by molar-refractivity contribution is 14.1. The van der Waals surface area contributed by atoms with Crippen molar-refractivity contribution in [2.75, 3.05) is 7.11 Å². The first-order chi connectivity index (χ1) is 14.4. The third-order valence-corrected chi connectivity index (χ3v) is 5.55. The Morgan fingerprint density at radius 2 is 1.87 bits per heavy atom. The van der Waals surface area contributed by atoms with Crippen LogP contribution in [-0.4, -0.2) is 7.11 Å². The molecule has 0 aliphatic carbocycles. The maximum absolute atomic E-state index is 13.1. The van der Waals surface area contributed by atoms with Crippen molar-refractivity contribution in [2.24, 2.45) is 0 Å². The van der Waals surface area contributed by atoms with Crippen molar-refractivity contribution in [3.8, 4) is 17.6 Å². The summed E-state index contributed by atoms with van der Waals surface area (Å²) in [5.41, 5.74) is 2.58. The molecule has 0 saturated carbocycles. The van der Waals surface area contributed by atoms with Gasteiger partial charge in [0.05, 0.1) is 27.3 Å². The van der Waals surface area contributed by atoms with E-state index >= 15 is 0 Å². The van der Waals surface area contributed by atoms with Gasteiger partial charge in [-0.3, -0.25) is 0 Å². The number of ether oxygens (including phenoxy) is 2. The Bertz CT molecular complexity index is 1140. The molecule has 30 heavy (non-hydrogen) atoms. The van der Waals surface area contributed by atoms with Gasteiger partial charge in [-0.05, 0) is 76.2 Å². The molecule has 0 radical (unpaired) electrons. The van der Waals surface area contributed by atoms with Crippen LogP contribution in [0.3, 0.4) is 0 Å². The molecule has 0 spiro atoms. The Balaban J connectivity index is 1.91. The summed E-state index contributed by atoms with van der Waals surface area (Å²) in [5.74, 6) is 0.800. The van der Waals surface area contributed by atoms with E-state index in [1.165, 1.54) is 12.1 Å². The molecule has 0 amide bonds. The van der Waals surface area contributed by atoms with Gasteiger partial charge in [-0.1, -0.05) is 41.4 Å². The van der Waals surface area contributed by atoms with Gasteiger partial charge in [0.25, 0.3) is 0 Å². The quantitative estimate of drug-likeness (QED) is 0.181. The molecule has 152 valence electrons. The molecular formula is C23H15Cl2FINO2. The number of methoxy groups -OCH3 is 1. The van der Waals surface area contributed by atoms with Crippen molar-refractivity contribution in [1.29, 1.82) is 5.26 Å². The maximum atomic E-state index is 13.1. The summed E-state index contributed by atoms with van der Waals surface area (Å²) in [5, 5.41) is 10.5. The van der Waals surface area contributed by atoms with Crippen LogP contribution in [0, 0.1) is 20.7 Å². The van der Waals surface area contributed by atoms with Gasteiger partial charge in [-0.2, -0.15) is 5.26 Å². The van der Waals surface area contributed by atoms with Crippen molar-refractivity contribution >= 4 is 57.4 Å². The number of allylic oxidation sites excluding steroid dienone is 1. The molecule has 0 N–H and O–H groups in total. The van der Waals surface area contributed by atoms with E-state index in [0.717, 1.165) is 14.7 Å². The van der Waals surface area contributed by atoms with Crippen molar-refractivity contribution in [3.63, 3.8) is 0 Å². The lowest BCUT2D eigenvalue weighted by Crippen LogP contribution is -2.00. The molecule has 3 nitrogen and oxygen atoms in total. The van der Waals surface area contributed by atoms with Crippen LogP contribution in [0.25, 0.3) is 11.6 Å². The number of benzene rings is 3. The first kappa shape index (κ1) is 22.4. The van der Waals surface area contributed by atoms with Gasteiger partial charge in [-0.15, -0.1) is 0 Å². The zero-order chi connectivity index (χ0) is 21.7. The van der Waals surface area contributed by atoms with Gasteiger partial charge < -0.3 is 9.47 Å². The van der Waals surface area contributed by atoms with Crippen LogP contribution in [-0.2, 0) is 6.61 Å². The Morgan fingerprint density at radius 1 is 1.13 bits per heavy atom. The second-order valence-corrected chi connectivity index (χ2v) is 8.25. The molecule has 0 fully saturated rings. The smallest absolute Gasteiger partial charge is 0.174 e. The van der Waals surface area contributed by atoms with E-state index in [-0.39, 0.29) is 12.4 Å². The van der Waals surface area contributed by atoms with Gasteiger partial charge in [0.15, 0.2) is 11.5 Å². The number of nitrogens with zero attached hydrogens (tertiary/aromatic N) is 1. The molecule has 3 rings (SSSR count). The first-order valence-electron chi connectivity index (χ1n) is 8.73. The first-order valence-corrected chi connectivity index (χ1v) is 10.6. The van der Waals surface area contributed by atoms with Crippen LogP contribution < -0.4 is 9.47 Å². The van der Waals surface area contributed by atoms with Gasteiger partial charge in [0, 0.05) is 10.6 Å². The minimum Gasteiger partial charge on any atom is -0.493 e. The van der Waals surface area contributed by atoms with Crippen LogP contribution >= 0.6 is 45.8 Å². The highest BCUT2D eigenvalue weighted by Gasteiger charge is 2.13. The summed E-state index contributed by atoms with van der Waals surface area (Å²) >= 11 is 14.3. The Kier molecular flexibility index (Phi) is 7.59. The zero-order valence-electron chi connectivity index (χ0n) is 15.8. The Labute approximate surface area is 197 Å². The van der Waals surface area contributed by atoms with Gasteiger partial charge in [0.2, 0.25) is 0 Å². The standard InChI is InChI=1S/C23H15Cl2FINO2/c1-29-22-10-15(8-16(12-28)19-7-4-17(24)11-20(19)25)9-21(27)23(22)30-13-14-2-5-18(26)6-3-14/h2-11H,13H2,1H3/b16-8+. The fraction of sp³-hybridized carbons (Fsp3) is 0.0870. The normalized spacial score (nSPS) is 11.1. The number of halogens is 4. The second kappa shape index (κ2) is 10.2. The third-order valence-electron chi connectivity index (χ3n) is 4.20. The minimum atomic E-state index is -0.295. The predicted molar refractivity (Wildman–Crippen MR) is 126 cm³/mol. The molecule has 0 unspecified atom stereocenters. The van der Waals surface area contributed by atoms with Crippen LogP contribution in [0.1, 0.15) is 16.7 Å². The maximum Gasteiger partial charge on any atom is 0.174 e. The molecule has 0 aromatic heterocycles. The topological polar surface area (TPSA) is 42.2 Å². The molecule has 0 aliphatic heterocycles. The summed E-state index contributed by atoms with van der Waals surface area (Å²) in [7, 11) is 1.55. The fourth-order valence-corrected chi connectivity index (χ4v) is 4.04. The highest BCUT2D eigenvalue weighted by Crippen LogP contribution is 2.36. The van der Waals surface area contributed by atoms with E-state index in [1.54, 1.807) is 49.6 Å². The fourth-order valence-electron chi connectivity index (χ4n) is 2.74. The SMILES string of the molecule is COc1cc(/C=C(\C#N)c2ccc(Cl)cc2Cl)cc(I)c1OCc1ccc(F)cc1. The molecule has 0 atom stereocenters. The summed E-state index contributed by atoms with van der Waals surface area (Å²) in [4.78, 5) is 0. The molecule has 0 bridgehead atoms. The van der Waals surface area contributed by atoms with Gasteiger partial charge in [-0.25, -0.2) is 4.39 Å². The summed E-state index contributed by atoms with van der Waals surface area (Å²) in [6.07, 6.45) is 1.73. The molecular weight excluding hydrogens is 539 g/mol. The van der Waals surface area contributed by atoms with Crippen molar-refractivity contribution < 1.29 is 13.9 Å². The van der Waals surface area contributed by atoms with Gasteiger partial charge in [0.1, 0.15) is 12.4 Å². The predicted octanol–water partition coefficient (Wildman–Crippen LogP) is 7.39. The number of hydrogen-bond acceptors (Lipinski definition) is 3. The van der Waals surface area contributed by atoms with Crippen LogP contribution in [0.2, 0.25) is 10.0 Å². The molecule has 0 heterocycles. The van der Waals surface area contributed by atoms with E-state index in [2.05, 4.69) is 28.7 Å². The molecule has 7 heteroatoms. The lowest BCUT2D eigenvalue weighted by molar-refractivity contribution is 0.282. The van der Waals surface area contributed by atoms with Crippen molar-refractivity contribution in [3.05, 3.63) is 90.7 Å². The highest BCUT2D eigenvalue weighted by atomic mass is 127. The second-order valence-electron chi connectivity index (χ2n) is 6.24. The van der Waals surface area contributed by atoms with Crippen LogP contribution in [0.5, 0.6) is 11.5 Å². The molecule has 0 saturated heterocycles. The molecule has 3 aromatic carbocycles. The summed E-state index contributed by atoms with van der Waals surface area (Å²) < 4.78 is 25.3. The average Bonchev–Trinajstić information content (AvgIpc) is 2.72. The number of hydrogen-bond donors (Lipinski definition) is 0. The van der Waals surface area contributed by atoms with Crippen molar-refractivity contribution in [2.45, 2.75) is 6.61 Å². The van der Waals surface area contributed by atoms with Crippen molar-refractivity contribution in [1.82, 2.24) is 0 Å². The number of rotatable bonds is 6. The Hall–Kier alpha value is -2.27.